The van der Waals surface area contributed by atoms with E-state index in [1.165, 1.54) is 32.8 Å². The van der Waals surface area contributed by atoms with Crippen molar-refractivity contribution in [2.45, 2.75) is 63.3 Å². The van der Waals surface area contributed by atoms with Gasteiger partial charge in [-0.05, 0) is 31.6 Å². The van der Waals surface area contributed by atoms with Crippen molar-refractivity contribution >= 4 is 11.9 Å². The minimum absolute atomic E-state index is 0.0386. The molecule has 0 aliphatic heterocycles. The third-order valence-electron chi connectivity index (χ3n) is 4.96. The van der Waals surface area contributed by atoms with Crippen LogP contribution in [0.3, 0.4) is 0 Å². The van der Waals surface area contributed by atoms with Gasteiger partial charge in [0.05, 0.1) is 20.1 Å². The molecule has 0 aromatic carbocycles. The molecule has 0 aromatic heterocycles. The molecule has 0 unspecified atom stereocenters. The number of ether oxygens (including phenoxy) is 1. The van der Waals surface area contributed by atoms with Crippen molar-refractivity contribution < 1.29 is 14.3 Å². The summed E-state index contributed by atoms with van der Waals surface area (Å²) in [5, 5.41) is 6.34. The Balaban J connectivity index is 1.77. The second-order valence-corrected chi connectivity index (χ2v) is 6.55. The van der Waals surface area contributed by atoms with Gasteiger partial charge in [-0.25, -0.2) is 0 Å². The first kappa shape index (κ1) is 16.3. The number of rotatable bonds is 7. The second-order valence-electron chi connectivity index (χ2n) is 6.55. The molecule has 5 heteroatoms. The van der Waals surface area contributed by atoms with E-state index in [9.17, 15) is 9.59 Å². The Morgan fingerprint density at radius 2 is 1.86 bits per heavy atom. The Bertz CT molecular complexity index is 361. The lowest BCUT2D eigenvalue weighted by Crippen LogP contribution is -2.52. The van der Waals surface area contributed by atoms with Crippen LogP contribution in [0.4, 0.5) is 0 Å². The number of carbonyl (C=O) groups is 2. The third-order valence-corrected chi connectivity index (χ3v) is 4.96. The molecule has 0 heterocycles. The molecular formula is C16H28N2O3. The summed E-state index contributed by atoms with van der Waals surface area (Å²) in [6.45, 7) is 1.09. The van der Waals surface area contributed by atoms with E-state index in [2.05, 4.69) is 10.6 Å². The number of amides is 1. The van der Waals surface area contributed by atoms with Gasteiger partial charge < -0.3 is 15.4 Å². The molecule has 0 aromatic rings. The summed E-state index contributed by atoms with van der Waals surface area (Å²) in [4.78, 5) is 23.6. The molecule has 1 amide bonds. The predicted octanol–water partition coefficient (Wildman–Crippen LogP) is 1.76. The summed E-state index contributed by atoms with van der Waals surface area (Å²) >= 11 is 0. The van der Waals surface area contributed by atoms with E-state index in [0.29, 0.717) is 18.9 Å². The van der Waals surface area contributed by atoms with Crippen molar-refractivity contribution in [2.24, 2.45) is 5.92 Å². The van der Waals surface area contributed by atoms with Crippen molar-refractivity contribution in [1.82, 2.24) is 10.6 Å². The topological polar surface area (TPSA) is 67.4 Å². The van der Waals surface area contributed by atoms with E-state index in [-0.39, 0.29) is 17.4 Å². The predicted molar refractivity (Wildman–Crippen MR) is 80.8 cm³/mol. The molecule has 2 N–H and O–H groups in total. The summed E-state index contributed by atoms with van der Waals surface area (Å²) in [7, 11) is 1.42. The zero-order valence-corrected chi connectivity index (χ0v) is 13.1. The molecule has 0 spiro atoms. The van der Waals surface area contributed by atoms with Crippen LogP contribution in [0.1, 0.15) is 57.8 Å². The Labute approximate surface area is 127 Å². The van der Waals surface area contributed by atoms with Crippen LogP contribution in [0.15, 0.2) is 0 Å². The molecular weight excluding hydrogens is 268 g/mol. The highest BCUT2D eigenvalue weighted by atomic mass is 16.5. The van der Waals surface area contributed by atoms with Crippen LogP contribution in [0.25, 0.3) is 0 Å². The van der Waals surface area contributed by atoms with Gasteiger partial charge in [-0.2, -0.15) is 0 Å². The van der Waals surface area contributed by atoms with Crippen LogP contribution in [-0.4, -0.2) is 37.6 Å². The SMILES string of the molecule is COC(=O)CC1(NCC(=O)NCC2CCC2)CCCCC1. The van der Waals surface area contributed by atoms with E-state index in [0.717, 1.165) is 32.2 Å². The van der Waals surface area contributed by atoms with E-state index in [1.54, 1.807) is 0 Å². The van der Waals surface area contributed by atoms with Gasteiger partial charge in [-0.3, -0.25) is 9.59 Å². The Morgan fingerprint density at radius 3 is 2.43 bits per heavy atom. The minimum Gasteiger partial charge on any atom is -0.469 e. The van der Waals surface area contributed by atoms with E-state index in [4.69, 9.17) is 4.74 Å². The molecule has 2 saturated carbocycles. The molecule has 21 heavy (non-hydrogen) atoms. The fraction of sp³-hybridized carbons (Fsp3) is 0.875. The highest BCUT2D eigenvalue weighted by Gasteiger charge is 2.34. The van der Waals surface area contributed by atoms with Gasteiger partial charge in [-0.15, -0.1) is 0 Å². The first-order valence-corrected chi connectivity index (χ1v) is 8.22. The highest BCUT2D eigenvalue weighted by molar-refractivity contribution is 5.78. The molecule has 0 bridgehead atoms. The quantitative estimate of drug-likeness (QED) is 0.703. The first-order valence-electron chi connectivity index (χ1n) is 8.22. The van der Waals surface area contributed by atoms with Gasteiger partial charge in [-0.1, -0.05) is 25.7 Å². The molecule has 5 nitrogen and oxygen atoms in total. The van der Waals surface area contributed by atoms with E-state index >= 15 is 0 Å². The summed E-state index contributed by atoms with van der Waals surface area (Å²) in [6, 6.07) is 0. The maximum atomic E-state index is 11.9. The molecule has 120 valence electrons. The Kier molecular flexibility index (Phi) is 6.03. The smallest absolute Gasteiger partial charge is 0.307 e. The number of esters is 1. The van der Waals surface area contributed by atoms with Crippen molar-refractivity contribution in [2.75, 3.05) is 20.2 Å². The Hall–Kier alpha value is -1.10. The number of nitrogens with one attached hydrogen (secondary N) is 2. The van der Waals surface area contributed by atoms with Crippen molar-refractivity contribution in [3.63, 3.8) is 0 Å². The zero-order valence-electron chi connectivity index (χ0n) is 13.1. The van der Waals surface area contributed by atoms with Gasteiger partial charge in [0, 0.05) is 12.1 Å². The Morgan fingerprint density at radius 1 is 1.14 bits per heavy atom. The largest absolute Gasteiger partial charge is 0.469 e. The van der Waals surface area contributed by atoms with Crippen molar-refractivity contribution in [3.05, 3.63) is 0 Å². The summed E-state index contributed by atoms with van der Waals surface area (Å²) in [5.74, 6) is 0.517. The molecule has 2 rings (SSSR count). The third kappa shape index (κ3) is 4.99. The molecule has 0 saturated heterocycles. The lowest BCUT2D eigenvalue weighted by atomic mass is 9.79. The summed E-state index contributed by atoms with van der Waals surface area (Å²) in [5.41, 5.74) is -0.251. The summed E-state index contributed by atoms with van der Waals surface area (Å²) < 4.78 is 4.81. The monoisotopic (exact) mass is 296 g/mol. The summed E-state index contributed by atoms with van der Waals surface area (Å²) in [6.07, 6.45) is 9.43. The molecule has 2 fully saturated rings. The number of hydrogen-bond acceptors (Lipinski definition) is 4. The van der Waals surface area contributed by atoms with Crippen LogP contribution in [-0.2, 0) is 14.3 Å². The number of carbonyl (C=O) groups excluding carboxylic acids is 2. The lowest BCUT2D eigenvalue weighted by molar-refractivity contribution is -0.143. The first-order chi connectivity index (χ1) is 10.1. The van der Waals surface area contributed by atoms with Crippen LogP contribution in [0.2, 0.25) is 0 Å². The van der Waals surface area contributed by atoms with Crippen LogP contribution in [0, 0.1) is 5.92 Å². The molecule has 0 radical (unpaired) electrons. The van der Waals surface area contributed by atoms with E-state index < -0.39 is 0 Å². The molecule has 2 aliphatic rings. The van der Waals surface area contributed by atoms with Crippen LogP contribution < -0.4 is 10.6 Å². The fourth-order valence-corrected chi connectivity index (χ4v) is 3.28. The number of hydrogen-bond donors (Lipinski definition) is 2. The van der Waals surface area contributed by atoms with Crippen molar-refractivity contribution in [1.29, 1.82) is 0 Å². The normalized spacial score (nSPS) is 21.4. The van der Waals surface area contributed by atoms with Gasteiger partial charge >= 0.3 is 5.97 Å². The highest BCUT2D eigenvalue weighted by Crippen LogP contribution is 2.31. The maximum absolute atomic E-state index is 11.9. The minimum atomic E-state index is -0.251. The van der Waals surface area contributed by atoms with Gasteiger partial charge in [0.25, 0.3) is 0 Å². The standard InChI is InChI=1S/C16H28N2O3/c1-21-15(20)10-16(8-3-2-4-9-16)18-12-14(19)17-11-13-6-5-7-13/h13,18H,2-12H2,1H3,(H,17,19). The van der Waals surface area contributed by atoms with Gasteiger partial charge in [0.15, 0.2) is 0 Å². The molecule has 2 aliphatic carbocycles. The zero-order chi connectivity index (χ0) is 15.1. The fourth-order valence-electron chi connectivity index (χ4n) is 3.28. The second kappa shape index (κ2) is 7.78. The number of methoxy groups -OCH3 is 1. The van der Waals surface area contributed by atoms with Crippen LogP contribution >= 0.6 is 0 Å². The van der Waals surface area contributed by atoms with Gasteiger partial charge in [0.2, 0.25) is 5.91 Å². The molecule has 0 atom stereocenters. The van der Waals surface area contributed by atoms with Gasteiger partial charge in [0.1, 0.15) is 0 Å². The average Bonchev–Trinajstić information content (AvgIpc) is 2.44. The maximum Gasteiger partial charge on any atom is 0.307 e. The lowest BCUT2D eigenvalue weighted by Gasteiger charge is -2.37. The van der Waals surface area contributed by atoms with Crippen molar-refractivity contribution in [3.8, 4) is 0 Å². The van der Waals surface area contributed by atoms with E-state index in [1.807, 2.05) is 0 Å². The van der Waals surface area contributed by atoms with Crippen LogP contribution in [0.5, 0.6) is 0 Å². The average molecular weight is 296 g/mol.